The van der Waals surface area contributed by atoms with E-state index in [1.807, 2.05) is 0 Å². The summed E-state index contributed by atoms with van der Waals surface area (Å²) >= 11 is 0. The van der Waals surface area contributed by atoms with Crippen molar-refractivity contribution in [3.63, 3.8) is 0 Å². The molecule has 12 aliphatic rings. The van der Waals surface area contributed by atoms with E-state index in [1.165, 1.54) is 263 Å². The first-order chi connectivity index (χ1) is 45.1. The summed E-state index contributed by atoms with van der Waals surface area (Å²) in [4.78, 5) is 21.4. The molecule has 0 bridgehead atoms. The van der Waals surface area contributed by atoms with E-state index < -0.39 is 32.3 Å². The van der Waals surface area contributed by atoms with Gasteiger partial charge in [-0.2, -0.15) is 0 Å². The maximum atomic E-state index is 10.7. The number of methoxy groups -OCH3 is 2. The van der Waals surface area contributed by atoms with Gasteiger partial charge in [0.1, 0.15) is 12.6 Å². The minimum Gasteiger partial charge on any atom is -1.00 e. The van der Waals surface area contributed by atoms with E-state index in [0.717, 1.165) is 86.6 Å². The Bertz CT molecular complexity index is 1700. The molecule has 12 fully saturated rings. The van der Waals surface area contributed by atoms with Crippen molar-refractivity contribution in [3.8, 4) is 0 Å². The third kappa shape index (κ3) is 72.7. The average molecular weight is 1920 g/mol. The van der Waals surface area contributed by atoms with Gasteiger partial charge in [0, 0.05) is 90.0 Å². The van der Waals surface area contributed by atoms with Crippen LogP contribution in [0.2, 0.25) is 101 Å². The Morgan fingerprint density at radius 3 is 0.912 bits per heavy atom. The summed E-state index contributed by atoms with van der Waals surface area (Å²) < 4.78 is 39.5. The van der Waals surface area contributed by atoms with Crippen LogP contribution in [0.15, 0.2) is 0 Å². The van der Waals surface area contributed by atoms with E-state index >= 15 is 0 Å². The van der Waals surface area contributed by atoms with Crippen LogP contribution >= 0.6 is 0 Å². The van der Waals surface area contributed by atoms with Crippen molar-refractivity contribution in [3.05, 3.63) is 74.3 Å². The molecular formula is C90H198Fe5KNO12Si4. The summed E-state index contributed by atoms with van der Waals surface area (Å²) in [6, 6.07) is 0. The van der Waals surface area contributed by atoms with E-state index in [1.54, 1.807) is 14.2 Å². The number of rotatable bonds is 17. The minimum absolute atomic E-state index is 0. The zero-order valence-electron chi connectivity index (χ0n) is 80.3. The molecule has 12 atom stereocenters. The first kappa shape index (κ1) is 157. The second-order valence-corrected chi connectivity index (χ2v) is 57.1. The fraction of sp³-hybridized carbons (Fsp3) is 0.867. The molecule has 0 radical (unpaired) electrons. The number of aliphatic hydroxyl groups is 1. The molecule has 2 aliphatic heterocycles. The Morgan fingerprint density at radius 1 is 0.354 bits per heavy atom. The Morgan fingerprint density at radius 2 is 0.628 bits per heavy atom. The fourth-order valence-corrected chi connectivity index (χ4v) is 28.2. The number of carbonyl (C=O) groups excluding carboxylic acids is 2. The number of ether oxygens (including phenoxy) is 7. The van der Waals surface area contributed by atoms with Gasteiger partial charge in [0.05, 0.1) is 38.6 Å². The first-order valence-electron chi connectivity index (χ1n) is 40.7. The van der Waals surface area contributed by atoms with Gasteiger partial charge in [-0.05, 0) is 85.9 Å². The number of aldehydes is 2. The van der Waals surface area contributed by atoms with Gasteiger partial charge < -0.3 is 141 Å². The molecule has 8 N–H and O–H groups in total. The normalized spacial score (nSPS) is 25.6. The van der Waals surface area contributed by atoms with E-state index in [-0.39, 0.29) is 261 Å². The molecule has 10 saturated carbocycles. The van der Waals surface area contributed by atoms with Crippen LogP contribution in [0.3, 0.4) is 0 Å². The predicted octanol–water partition coefficient (Wildman–Crippen LogP) is 23.4. The maximum Gasteiger partial charge on any atom is 2.00 e. The second-order valence-electron chi connectivity index (χ2n) is 35.2. The van der Waals surface area contributed by atoms with Crippen LogP contribution in [0, 0.1) is 104 Å². The molecule has 2 heterocycles. The summed E-state index contributed by atoms with van der Waals surface area (Å²) in [5, 5.41) is 8.67. The van der Waals surface area contributed by atoms with Crippen molar-refractivity contribution >= 4 is 44.9 Å². The number of carbonyl (C=O) groups is 2. The molecule has 23 heteroatoms. The predicted molar refractivity (Wildman–Crippen MR) is 489 cm³/mol. The first-order valence-corrected chi connectivity index (χ1v) is 55.0. The Kier molecular flexibility index (Phi) is 133. The summed E-state index contributed by atoms with van der Waals surface area (Å²) in [6.45, 7) is 34.1. The van der Waals surface area contributed by atoms with E-state index in [0.29, 0.717) is 36.9 Å². The molecule has 12 unspecified atom stereocenters. The third-order valence-electron chi connectivity index (χ3n) is 23.1. The van der Waals surface area contributed by atoms with Crippen molar-refractivity contribution in [2.75, 3.05) is 60.5 Å². The molecule has 2 saturated heterocycles. The number of aliphatic hydroxyl groups excluding tert-OH is 1. The molecule has 0 aromatic heterocycles. The Balaban J connectivity index is -0.0000000565. The number of hydrogen-bond acceptors (Lipinski definition) is 11. The smallest absolute Gasteiger partial charge is 1.00 e. The van der Waals surface area contributed by atoms with Gasteiger partial charge in [-0.1, -0.05) is 303 Å². The van der Waals surface area contributed by atoms with Crippen molar-refractivity contribution in [1.29, 1.82) is 0 Å². The van der Waals surface area contributed by atoms with Gasteiger partial charge in [0.2, 0.25) is 0 Å². The molecule has 10 aliphatic carbocycles. The topological polar surface area (TPSA) is 217 Å². The molecule has 0 amide bonds. The molecular weight excluding hydrogens is 1720 g/mol. The maximum absolute atomic E-state index is 10.7. The average Bonchev–Trinajstić information content (AvgIpc) is 1.64. The number of hydrogen-bond donors (Lipinski definition) is 2. The molecule has 692 valence electrons. The molecule has 0 spiro atoms. The van der Waals surface area contributed by atoms with Crippen molar-refractivity contribution in [1.82, 2.24) is 6.15 Å². The Labute approximate surface area is 811 Å². The monoisotopic (exact) mass is 1920 g/mol. The van der Waals surface area contributed by atoms with Crippen LogP contribution in [0.1, 0.15) is 284 Å². The largest absolute Gasteiger partial charge is 2.00 e. The van der Waals surface area contributed by atoms with E-state index in [2.05, 4.69) is 78.6 Å². The quantitative estimate of drug-likeness (QED) is 0.0604. The molecule has 13 nitrogen and oxygen atoms in total. The van der Waals surface area contributed by atoms with Gasteiger partial charge in [-0.3, -0.25) is 0 Å². The molecule has 12 rings (SSSR count). The van der Waals surface area contributed by atoms with E-state index in [9.17, 15) is 9.59 Å². The van der Waals surface area contributed by atoms with Crippen LogP contribution in [0.5, 0.6) is 0 Å². The zero-order chi connectivity index (χ0) is 68.9. The molecule has 113 heavy (non-hydrogen) atoms. The van der Waals surface area contributed by atoms with Crippen LogP contribution < -0.4 is 57.5 Å². The van der Waals surface area contributed by atoms with Gasteiger partial charge in [-0.25, -0.2) is 0 Å². The summed E-state index contributed by atoms with van der Waals surface area (Å²) in [5.74, 6) is 2.87. The van der Waals surface area contributed by atoms with E-state index in [4.69, 9.17) is 38.3 Å². The second kappa shape index (κ2) is 95.1. The van der Waals surface area contributed by atoms with Crippen LogP contribution in [0.4, 0.5) is 0 Å². The van der Waals surface area contributed by atoms with Gasteiger partial charge in [0.15, 0.2) is 12.6 Å². The van der Waals surface area contributed by atoms with Gasteiger partial charge in [0.25, 0.3) is 0 Å². The summed E-state index contributed by atoms with van der Waals surface area (Å²) in [6.07, 6.45) is 64.0. The standard InChI is InChI=1S/C14H28O3Si.C12H26O2Si.C11H20O3.2C9H18OSi.5C5H10.10CH3.5Fe.K.H3N.2H2O.H/c1-15-10-11-8-9-16-14(17-11)12-6-5-7-13(12)18(2,3)4;1-15(2,3)12-7-4-6-11(12)10-14-9-5-8-13;1-12-8-10-6-7-13-11(14-10)9-4-2-3-5-9;2*1-11(2,3)9-6-4-5-8(9)7-10;5*1-2-4-5-3-1;;;;;;;;;;;;;;;;;;;;/h11-14H,5-10H2,1-4H3;11-13H,4-10H2,1-3H3;9-11H,2-8H2,1H3;2*7-9H,4-6H2,1-3H3;5*1-5H2;10*1H3;;;;;;;1H3;2*1H2;/q;;;;;;;;;;10*-1;5*+2;+1;;;;-1. The molecule has 0 aromatic carbocycles. The fourth-order valence-electron chi connectivity index (χ4n) is 17.6. The third-order valence-corrected chi connectivity index (χ3v) is 34.9. The Hall–Kier alpha value is 4.00. The SMILES string of the molecule is C1CCCC1.C1CCCC1.C1CCCC1.C1CCCC1.C1CCCC1.COCC1CCOC(C2CCCC2)O1.COCC1CCOC(C2CCCC2[Si](C)(C)C)O1.C[Si](C)(C)C1CCCC1C=O.C[Si](C)(C)C1CCCC1C=O.C[Si](C)(C)C1CCCC1COCCCO.N.O.O.[CH3-].[CH3-].[CH3-].[CH3-].[CH3-].[CH3-].[CH3-].[CH3-].[CH3-].[CH3-].[Fe+2].[Fe+2].[Fe+2].[Fe+2].[Fe+2].[H-].[K+]. The van der Waals surface area contributed by atoms with Crippen molar-refractivity contribution in [2.24, 2.45) is 29.6 Å². The minimum atomic E-state index is -1.10. The zero-order valence-corrected chi connectivity index (χ0v) is 92.0. The van der Waals surface area contributed by atoms with Crippen molar-refractivity contribution in [2.45, 2.75) is 408 Å². The van der Waals surface area contributed by atoms with Crippen LogP contribution in [-0.4, -0.2) is 146 Å². The van der Waals surface area contributed by atoms with Gasteiger partial charge >= 0.3 is 137 Å². The van der Waals surface area contributed by atoms with Crippen LogP contribution in [0.25, 0.3) is 0 Å². The van der Waals surface area contributed by atoms with Gasteiger partial charge in [-0.15, -0.1) is 0 Å². The van der Waals surface area contributed by atoms with Crippen LogP contribution in [-0.2, 0) is 128 Å². The summed E-state index contributed by atoms with van der Waals surface area (Å²) in [5.41, 5.74) is 3.33. The summed E-state index contributed by atoms with van der Waals surface area (Å²) in [7, 11) is -0.697. The van der Waals surface area contributed by atoms with Crippen molar-refractivity contribution < 1.29 is 197 Å². The molecule has 0 aromatic rings.